The van der Waals surface area contributed by atoms with Gasteiger partial charge in [0.2, 0.25) is 23.5 Å². The average Bonchev–Trinajstić information content (AvgIpc) is 3.17. The number of aromatic nitrogens is 3. The quantitative estimate of drug-likeness (QED) is 0.619. The number of amides is 2. The van der Waals surface area contributed by atoms with Crippen molar-refractivity contribution >= 4 is 23.2 Å². The molecule has 30 heavy (non-hydrogen) atoms. The Morgan fingerprint density at radius 1 is 1.07 bits per heavy atom. The number of nitrogens with zero attached hydrogens (tertiary/aromatic N) is 3. The Labute approximate surface area is 173 Å². The normalized spacial score (nSPS) is 10.6. The van der Waals surface area contributed by atoms with E-state index in [2.05, 4.69) is 20.8 Å². The maximum Gasteiger partial charge on any atom is 0.261 e. The van der Waals surface area contributed by atoms with E-state index in [0.717, 1.165) is 5.69 Å². The zero-order valence-electron chi connectivity index (χ0n) is 17.1. The van der Waals surface area contributed by atoms with Crippen LogP contribution in [0.15, 0.2) is 45.7 Å². The molecule has 2 aromatic heterocycles. The van der Waals surface area contributed by atoms with Crippen LogP contribution in [0.25, 0.3) is 11.4 Å². The van der Waals surface area contributed by atoms with Crippen molar-refractivity contribution in [1.82, 2.24) is 14.7 Å². The molecule has 0 unspecified atom stereocenters. The third kappa shape index (κ3) is 4.99. The number of pyridine rings is 1. The fourth-order valence-corrected chi connectivity index (χ4v) is 2.98. The average molecular weight is 409 g/mol. The molecular formula is C21H23N5O4. The molecule has 0 saturated heterocycles. The van der Waals surface area contributed by atoms with Crippen LogP contribution in [-0.2, 0) is 22.6 Å². The number of benzene rings is 1. The Balaban J connectivity index is 1.60. The first kappa shape index (κ1) is 21.0. The Bertz CT molecular complexity index is 1120. The Hall–Kier alpha value is -3.75. The summed E-state index contributed by atoms with van der Waals surface area (Å²) < 4.78 is 6.84. The van der Waals surface area contributed by atoms with Crippen molar-refractivity contribution in [3.63, 3.8) is 0 Å². The second-order valence-electron chi connectivity index (χ2n) is 6.76. The van der Waals surface area contributed by atoms with Gasteiger partial charge in [-0.05, 0) is 50.2 Å². The molecular weight excluding hydrogens is 386 g/mol. The van der Waals surface area contributed by atoms with Gasteiger partial charge in [0.05, 0.1) is 5.56 Å². The monoisotopic (exact) mass is 409 g/mol. The summed E-state index contributed by atoms with van der Waals surface area (Å²) in [6.07, 6.45) is 0.388. The van der Waals surface area contributed by atoms with Gasteiger partial charge in [0.1, 0.15) is 0 Å². The lowest BCUT2D eigenvalue weighted by atomic mass is 10.2. The van der Waals surface area contributed by atoms with Crippen LogP contribution in [0.3, 0.4) is 0 Å². The number of carbonyl (C=O) groups excluding carboxylic acids is 2. The molecule has 2 amide bonds. The van der Waals surface area contributed by atoms with Gasteiger partial charge in [0.25, 0.3) is 5.56 Å². The van der Waals surface area contributed by atoms with Gasteiger partial charge < -0.3 is 19.7 Å². The van der Waals surface area contributed by atoms with Crippen LogP contribution in [-0.4, -0.2) is 26.5 Å². The molecule has 0 fully saturated rings. The Kier molecular flexibility index (Phi) is 6.41. The summed E-state index contributed by atoms with van der Waals surface area (Å²) >= 11 is 0. The zero-order valence-corrected chi connectivity index (χ0v) is 17.1. The predicted octanol–water partition coefficient (Wildman–Crippen LogP) is 2.76. The van der Waals surface area contributed by atoms with Crippen molar-refractivity contribution in [2.24, 2.45) is 0 Å². The predicted molar refractivity (Wildman–Crippen MR) is 112 cm³/mol. The van der Waals surface area contributed by atoms with Crippen molar-refractivity contribution in [1.29, 1.82) is 0 Å². The summed E-state index contributed by atoms with van der Waals surface area (Å²) in [5, 5.41) is 9.31. The van der Waals surface area contributed by atoms with E-state index in [1.807, 2.05) is 19.9 Å². The zero-order chi connectivity index (χ0) is 21.7. The molecule has 1 aromatic carbocycles. The van der Waals surface area contributed by atoms with Crippen molar-refractivity contribution in [3.8, 4) is 11.4 Å². The summed E-state index contributed by atoms with van der Waals surface area (Å²) in [5.41, 5.74) is 2.31. The number of carbonyl (C=O) groups is 2. The summed E-state index contributed by atoms with van der Waals surface area (Å²) in [4.78, 5) is 40.0. The van der Waals surface area contributed by atoms with Gasteiger partial charge in [0.15, 0.2) is 0 Å². The minimum absolute atomic E-state index is 0.141. The molecule has 0 radical (unpaired) electrons. The minimum atomic E-state index is -0.217. The summed E-state index contributed by atoms with van der Waals surface area (Å²) in [7, 11) is 0. The third-order valence-corrected chi connectivity index (χ3v) is 4.47. The van der Waals surface area contributed by atoms with Gasteiger partial charge in [-0.25, -0.2) is 0 Å². The Morgan fingerprint density at radius 2 is 1.73 bits per heavy atom. The summed E-state index contributed by atoms with van der Waals surface area (Å²) in [5.74, 6) is 0.117. The molecule has 0 saturated carbocycles. The molecule has 9 nitrogen and oxygen atoms in total. The van der Waals surface area contributed by atoms with Gasteiger partial charge in [-0.15, -0.1) is 0 Å². The molecule has 2 N–H and O–H groups in total. The van der Waals surface area contributed by atoms with Crippen molar-refractivity contribution in [3.05, 3.63) is 58.3 Å². The van der Waals surface area contributed by atoms with Crippen LogP contribution < -0.4 is 16.2 Å². The Morgan fingerprint density at radius 3 is 2.37 bits per heavy atom. The molecule has 2 heterocycles. The first-order chi connectivity index (χ1) is 14.4. The molecule has 0 aliphatic rings. The van der Waals surface area contributed by atoms with E-state index in [0.29, 0.717) is 23.5 Å². The third-order valence-electron chi connectivity index (χ3n) is 4.47. The van der Waals surface area contributed by atoms with Gasteiger partial charge in [-0.2, -0.15) is 4.98 Å². The number of nitrogens with one attached hydrogen (secondary N) is 2. The van der Waals surface area contributed by atoms with E-state index < -0.39 is 0 Å². The van der Waals surface area contributed by atoms with E-state index >= 15 is 0 Å². The highest BCUT2D eigenvalue weighted by molar-refractivity contribution is 5.92. The van der Waals surface area contributed by atoms with Crippen LogP contribution in [0.4, 0.5) is 11.4 Å². The SMILES string of the molecule is CCn1c(C)ccc(-c2noc(CCC(=O)Nc3ccc(NC(C)=O)cc3)n2)c1=O. The summed E-state index contributed by atoms with van der Waals surface area (Å²) in [6.45, 7) is 5.74. The van der Waals surface area contributed by atoms with Crippen LogP contribution in [0.2, 0.25) is 0 Å². The van der Waals surface area contributed by atoms with E-state index in [4.69, 9.17) is 4.52 Å². The lowest BCUT2D eigenvalue weighted by Crippen LogP contribution is -2.23. The van der Waals surface area contributed by atoms with Crippen LogP contribution in [0.1, 0.15) is 31.9 Å². The van der Waals surface area contributed by atoms with E-state index in [9.17, 15) is 14.4 Å². The molecule has 3 aromatic rings. The largest absolute Gasteiger partial charge is 0.339 e. The van der Waals surface area contributed by atoms with Crippen molar-refractivity contribution in [2.45, 2.75) is 40.2 Å². The second-order valence-corrected chi connectivity index (χ2v) is 6.76. The van der Waals surface area contributed by atoms with Crippen LogP contribution in [0, 0.1) is 6.92 Å². The molecule has 3 rings (SSSR count). The number of hydrogen-bond acceptors (Lipinski definition) is 6. The highest BCUT2D eigenvalue weighted by atomic mass is 16.5. The maximum absolute atomic E-state index is 12.5. The second kappa shape index (κ2) is 9.17. The summed E-state index contributed by atoms with van der Waals surface area (Å²) in [6, 6.07) is 10.3. The number of anilines is 2. The van der Waals surface area contributed by atoms with Gasteiger partial charge in [-0.3, -0.25) is 14.4 Å². The highest BCUT2D eigenvalue weighted by Crippen LogP contribution is 2.15. The maximum atomic E-state index is 12.5. The highest BCUT2D eigenvalue weighted by Gasteiger charge is 2.15. The molecule has 0 aliphatic heterocycles. The molecule has 0 atom stereocenters. The number of hydrogen-bond donors (Lipinski definition) is 2. The number of aryl methyl sites for hydroxylation is 2. The van der Waals surface area contributed by atoms with E-state index in [1.54, 1.807) is 34.9 Å². The lowest BCUT2D eigenvalue weighted by Gasteiger charge is -2.07. The van der Waals surface area contributed by atoms with Crippen molar-refractivity contribution in [2.75, 3.05) is 10.6 Å². The topological polar surface area (TPSA) is 119 Å². The number of rotatable bonds is 7. The molecule has 0 aliphatic carbocycles. The van der Waals surface area contributed by atoms with Crippen LogP contribution >= 0.6 is 0 Å². The first-order valence-electron chi connectivity index (χ1n) is 9.58. The molecule has 0 bridgehead atoms. The molecule has 156 valence electrons. The lowest BCUT2D eigenvalue weighted by molar-refractivity contribution is -0.116. The fraction of sp³-hybridized carbons (Fsp3) is 0.286. The van der Waals surface area contributed by atoms with Gasteiger partial charge in [-0.1, -0.05) is 5.16 Å². The first-order valence-corrected chi connectivity index (χ1v) is 9.58. The molecule has 9 heteroatoms. The minimum Gasteiger partial charge on any atom is -0.339 e. The van der Waals surface area contributed by atoms with E-state index in [-0.39, 0.29) is 41.9 Å². The smallest absolute Gasteiger partial charge is 0.261 e. The molecule has 0 spiro atoms. The standard InChI is InChI=1S/C21H23N5O4/c1-4-26-13(2)5-10-17(21(26)29)20-24-19(30-25-20)12-11-18(28)23-16-8-6-15(7-9-16)22-14(3)27/h5-10H,4,11-12H2,1-3H3,(H,22,27)(H,23,28). The van der Waals surface area contributed by atoms with Gasteiger partial charge >= 0.3 is 0 Å². The van der Waals surface area contributed by atoms with E-state index in [1.165, 1.54) is 6.92 Å². The van der Waals surface area contributed by atoms with Crippen molar-refractivity contribution < 1.29 is 14.1 Å². The van der Waals surface area contributed by atoms with Crippen LogP contribution in [0.5, 0.6) is 0 Å². The fourth-order valence-electron chi connectivity index (χ4n) is 2.98. The van der Waals surface area contributed by atoms with Gasteiger partial charge in [0, 0.05) is 43.4 Å².